The maximum absolute atomic E-state index is 10.9. The molecular formula is C14H15NO3S. The van der Waals surface area contributed by atoms with Crippen molar-refractivity contribution in [3.05, 3.63) is 45.6 Å². The highest BCUT2D eigenvalue weighted by Gasteiger charge is 2.08. The first kappa shape index (κ1) is 13.4. The van der Waals surface area contributed by atoms with E-state index in [4.69, 9.17) is 15.6 Å². The summed E-state index contributed by atoms with van der Waals surface area (Å²) >= 11 is 1.69. The zero-order valence-corrected chi connectivity index (χ0v) is 11.4. The van der Waals surface area contributed by atoms with Gasteiger partial charge < -0.3 is 15.6 Å². The van der Waals surface area contributed by atoms with Gasteiger partial charge in [0.25, 0.3) is 0 Å². The molecular weight excluding hydrogens is 262 g/mol. The number of anilines is 1. The van der Waals surface area contributed by atoms with Gasteiger partial charge >= 0.3 is 5.97 Å². The molecule has 0 bridgehead atoms. The first-order chi connectivity index (χ1) is 9.10. The van der Waals surface area contributed by atoms with Crippen LogP contribution in [-0.2, 0) is 13.0 Å². The van der Waals surface area contributed by atoms with Gasteiger partial charge in [0.05, 0.1) is 11.3 Å². The number of carboxylic acids is 1. The van der Waals surface area contributed by atoms with Gasteiger partial charge in [0.2, 0.25) is 0 Å². The van der Waals surface area contributed by atoms with Crippen molar-refractivity contribution in [1.29, 1.82) is 0 Å². The lowest BCUT2D eigenvalue weighted by Gasteiger charge is -2.08. The van der Waals surface area contributed by atoms with Gasteiger partial charge in [0, 0.05) is 9.75 Å². The Hall–Kier alpha value is -2.01. The van der Waals surface area contributed by atoms with E-state index in [1.807, 2.05) is 6.07 Å². The van der Waals surface area contributed by atoms with Crippen LogP contribution in [0.1, 0.15) is 27.0 Å². The molecule has 0 aliphatic carbocycles. The SMILES string of the molecule is CCc1ccc(COc2cc(C(=O)O)ccc2N)s1. The van der Waals surface area contributed by atoms with Crippen LogP contribution < -0.4 is 10.5 Å². The number of thiophene rings is 1. The minimum atomic E-state index is -0.991. The maximum Gasteiger partial charge on any atom is 0.335 e. The van der Waals surface area contributed by atoms with Crippen LogP contribution in [-0.4, -0.2) is 11.1 Å². The number of hydrogen-bond acceptors (Lipinski definition) is 4. The van der Waals surface area contributed by atoms with E-state index in [9.17, 15) is 4.79 Å². The number of ether oxygens (including phenoxy) is 1. The summed E-state index contributed by atoms with van der Waals surface area (Å²) in [6, 6.07) is 8.54. The third kappa shape index (κ3) is 3.26. The Morgan fingerprint density at radius 3 is 2.68 bits per heavy atom. The Morgan fingerprint density at radius 2 is 2.05 bits per heavy atom. The van der Waals surface area contributed by atoms with E-state index in [-0.39, 0.29) is 5.56 Å². The van der Waals surface area contributed by atoms with Crippen LogP contribution in [0.3, 0.4) is 0 Å². The molecule has 1 aromatic carbocycles. The first-order valence-electron chi connectivity index (χ1n) is 5.93. The molecule has 0 radical (unpaired) electrons. The third-order valence-electron chi connectivity index (χ3n) is 2.70. The van der Waals surface area contributed by atoms with Crippen LogP contribution in [0.15, 0.2) is 30.3 Å². The van der Waals surface area contributed by atoms with E-state index in [1.165, 1.54) is 17.0 Å². The van der Waals surface area contributed by atoms with Crippen LogP contribution in [0.5, 0.6) is 5.75 Å². The Labute approximate surface area is 115 Å². The fraction of sp³-hybridized carbons (Fsp3) is 0.214. The van der Waals surface area contributed by atoms with Gasteiger partial charge in [-0.15, -0.1) is 11.3 Å². The van der Waals surface area contributed by atoms with Gasteiger partial charge in [-0.05, 0) is 36.8 Å². The molecule has 0 atom stereocenters. The Bertz CT molecular complexity index is 592. The number of carboxylic acid groups (broad SMARTS) is 1. The van der Waals surface area contributed by atoms with Gasteiger partial charge in [0.1, 0.15) is 12.4 Å². The molecule has 0 fully saturated rings. The quantitative estimate of drug-likeness (QED) is 0.823. The minimum Gasteiger partial charge on any atom is -0.486 e. The Morgan fingerprint density at radius 1 is 1.32 bits per heavy atom. The summed E-state index contributed by atoms with van der Waals surface area (Å²) in [5, 5.41) is 8.93. The van der Waals surface area contributed by atoms with Crippen molar-refractivity contribution in [2.75, 3.05) is 5.73 Å². The van der Waals surface area contributed by atoms with E-state index in [0.29, 0.717) is 18.0 Å². The molecule has 0 spiro atoms. The number of benzene rings is 1. The van der Waals surface area contributed by atoms with Gasteiger partial charge in [-0.2, -0.15) is 0 Å². The molecule has 19 heavy (non-hydrogen) atoms. The van der Waals surface area contributed by atoms with Crippen LogP contribution in [0.25, 0.3) is 0 Å². The minimum absolute atomic E-state index is 0.171. The number of hydrogen-bond donors (Lipinski definition) is 2. The molecule has 2 rings (SSSR count). The monoisotopic (exact) mass is 277 g/mol. The van der Waals surface area contributed by atoms with Crippen molar-refractivity contribution in [1.82, 2.24) is 0 Å². The molecule has 2 aromatic rings. The van der Waals surface area contributed by atoms with Crippen molar-refractivity contribution in [3.63, 3.8) is 0 Å². The lowest BCUT2D eigenvalue weighted by atomic mass is 10.2. The van der Waals surface area contributed by atoms with Crippen LogP contribution in [0.2, 0.25) is 0 Å². The largest absolute Gasteiger partial charge is 0.486 e. The number of nitrogens with two attached hydrogens (primary N) is 1. The standard InChI is InChI=1S/C14H15NO3S/c1-2-10-4-5-11(19-10)8-18-13-7-9(14(16)17)3-6-12(13)15/h3-7H,2,8,15H2,1H3,(H,16,17). The molecule has 1 heterocycles. The summed E-state index contributed by atoms with van der Waals surface area (Å²) < 4.78 is 5.59. The third-order valence-corrected chi connectivity index (χ3v) is 3.90. The smallest absolute Gasteiger partial charge is 0.335 e. The van der Waals surface area contributed by atoms with Gasteiger partial charge in [0.15, 0.2) is 0 Å². The summed E-state index contributed by atoms with van der Waals surface area (Å²) in [4.78, 5) is 13.3. The molecule has 0 aliphatic rings. The molecule has 0 saturated heterocycles. The number of nitrogen functional groups attached to an aromatic ring is 1. The normalized spacial score (nSPS) is 10.4. The molecule has 100 valence electrons. The fourth-order valence-electron chi connectivity index (χ4n) is 1.63. The summed E-state index contributed by atoms with van der Waals surface area (Å²) in [5.74, 6) is -0.583. The van der Waals surface area contributed by atoms with E-state index >= 15 is 0 Å². The highest BCUT2D eigenvalue weighted by molar-refractivity contribution is 7.11. The summed E-state index contributed by atoms with van der Waals surface area (Å²) in [7, 11) is 0. The van der Waals surface area contributed by atoms with Crippen LogP contribution in [0, 0.1) is 0 Å². The van der Waals surface area contributed by atoms with Crippen molar-refractivity contribution in [3.8, 4) is 5.75 Å². The number of carbonyl (C=O) groups is 1. The molecule has 0 unspecified atom stereocenters. The lowest BCUT2D eigenvalue weighted by Crippen LogP contribution is -2.01. The topological polar surface area (TPSA) is 72.5 Å². The van der Waals surface area contributed by atoms with E-state index < -0.39 is 5.97 Å². The van der Waals surface area contributed by atoms with Crippen molar-refractivity contribution in [2.45, 2.75) is 20.0 Å². The summed E-state index contributed by atoms with van der Waals surface area (Å²) in [6.45, 7) is 2.50. The van der Waals surface area contributed by atoms with Gasteiger partial charge in [-0.1, -0.05) is 6.92 Å². The molecule has 5 heteroatoms. The summed E-state index contributed by atoms with van der Waals surface area (Å²) in [6.07, 6.45) is 1.00. The average Bonchev–Trinajstić information content (AvgIpc) is 2.85. The van der Waals surface area contributed by atoms with Crippen molar-refractivity contribution >= 4 is 23.0 Å². The Balaban J connectivity index is 2.10. The molecule has 4 nitrogen and oxygen atoms in total. The zero-order valence-electron chi connectivity index (χ0n) is 10.6. The van der Waals surface area contributed by atoms with E-state index in [0.717, 1.165) is 11.3 Å². The highest BCUT2D eigenvalue weighted by atomic mass is 32.1. The zero-order chi connectivity index (χ0) is 13.8. The second kappa shape index (κ2) is 5.75. The lowest BCUT2D eigenvalue weighted by molar-refractivity contribution is 0.0696. The van der Waals surface area contributed by atoms with E-state index in [1.54, 1.807) is 17.4 Å². The predicted molar refractivity (Wildman–Crippen MR) is 75.8 cm³/mol. The highest BCUT2D eigenvalue weighted by Crippen LogP contribution is 2.25. The molecule has 1 aromatic heterocycles. The predicted octanol–water partition coefficient (Wildman–Crippen LogP) is 3.17. The maximum atomic E-state index is 10.9. The number of aryl methyl sites for hydroxylation is 1. The Kier molecular flexibility index (Phi) is 4.06. The summed E-state index contributed by atoms with van der Waals surface area (Å²) in [5.41, 5.74) is 6.38. The molecule has 0 amide bonds. The van der Waals surface area contributed by atoms with Crippen molar-refractivity contribution < 1.29 is 14.6 Å². The van der Waals surface area contributed by atoms with E-state index in [2.05, 4.69) is 13.0 Å². The molecule has 3 N–H and O–H groups in total. The van der Waals surface area contributed by atoms with Gasteiger partial charge in [-0.25, -0.2) is 4.79 Å². The number of aromatic carboxylic acids is 1. The van der Waals surface area contributed by atoms with Crippen LogP contribution in [0.4, 0.5) is 5.69 Å². The van der Waals surface area contributed by atoms with Crippen LogP contribution >= 0.6 is 11.3 Å². The van der Waals surface area contributed by atoms with Gasteiger partial charge in [-0.3, -0.25) is 0 Å². The second-order valence-corrected chi connectivity index (χ2v) is 5.32. The van der Waals surface area contributed by atoms with Crippen molar-refractivity contribution in [2.24, 2.45) is 0 Å². The number of rotatable bonds is 5. The first-order valence-corrected chi connectivity index (χ1v) is 6.75. The average molecular weight is 277 g/mol. The second-order valence-electron chi connectivity index (χ2n) is 4.07. The fourth-order valence-corrected chi connectivity index (χ4v) is 2.50. The molecule has 0 saturated carbocycles. The molecule has 0 aliphatic heterocycles.